The molecule has 22 heavy (non-hydrogen) atoms. The quantitative estimate of drug-likeness (QED) is 0.797. The summed E-state index contributed by atoms with van der Waals surface area (Å²) in [6, 6.07) is 3.23. The molecule has 0 N–H and O–H groups in total. The van der Waals surface area contributed by atoms with Crippen molar-refractivity contribution < 1.29 is 4.79 Å². The molecule has 2 aromatic heterocycles. The van der Waals surface area contributed by atoms with Crippen molar-refractivity contribution in [3.63, 3.8) is 0 Å². The van der Waals surface area contributed by atoms with E-state index < -0.39 is 0 Å². The maximum absolute atomic E-state index is 12.7. The lowest BCUT2D eigenvalue weighted by atomic mass is 10.0. The molecule has 2 aromatic rings. The number of anilines is 1. The number of carbonyl (C=O) groups is 1. The Morgan fingerprint density at radius 1 is 1.45 bits per heavy atom. The lowest BCUT2D eigenvalue weighted by Gasteiger charge is -2.17. The summed E-state index contributed by atoms with van der Waals surface area (Å²) in [5, 5.41) is 1.22. The summed E-state index contributed by atoms with van der Waals surface area (Å²) in [6.07, 6.45) is 7.65. The molecule has 0 saturated heterocycles. The number of fused-ring (bicyclic) bond motifs is 1. The van der Waals surface area contributed by atoms with Crippen molar-refractivity contribution in [3.05, 3.63) is 52.3 Å². The van der Waals surface area contributed by atoms with E-state index in [9.17, 15) is 4.79 Å². The van der Waals surface area contributed by atoms with E-state index in [0.717, 1.165) is 23.7 Å². The van der Waals surface area contributed by atoms with Crippen LogP contribution < -0.4 is 4.90 Å². The molecule has 1 amide bonds. The minimum absolute atomic E-state index is 0.200. The molecule has 1 aliphatic carbocycles. The first-order valence-corrected chi connectivity index (χ1v) is 8.41. The van der Waals surface area contributed by atoms with Gasteiger partial charge in [0.05, 0.1) is 5.69 Å². The molecule has 0 fully saturated rings. The highest BCUT2D eigenvalue weighted by atomic mass is 35.5. The summed E-state index contributed by atoms with van der Waals surface area (Å²) < 4.78 is 0. The van der Waals surface area contributed by atoms with Gasteiger partial charge in [-0.05, 0) is 37.8 Å². The predicted octanol–water partition coefficient (Wildman–Crippen LogP) is 3.90. The molecule has 0 unspecified atom stereocenters. The van der Waals surface area contributed by atoms with Crippen LogP contribution in [0.3, 0.4) is 0 Å². The molecule has 114 valence electrons. The number of hydrogen-bond acceptors (Lipinski definition) is 4. The third-order valence-electron chi connectivity index (χ3n) is 3.56. The predicted molar refractivity (Wildman–Crippen MR) is 89.9 cm³/mol. The third kappa shape index (κ3) is 3.05. The zero-order valence-electron chi connectivity index (χ0n) is 12.1. The Bertz CT molecular complexity index is 690. The van der Waals surface area contributed by atoms with Gasteiger partial charge >= 0.3 is 0 Å². The van der Waals surface area contributed by atoms with E-state index in [1.54, 1.807) is 34.4 Å². The van der Waals surface area contributed by atoms with Crippen LogP contribution in [-0.4, -0.2) is 22.4 Å². The molecule has 3 rings (SSSR count). The van der Waals surface area contributed by atoms with Crippen molar-refractivity contribution in [3.8, 4) is 0 Å². The molecule has 0 bridgehead atoms. The Morgan fingerprint density at radius 3 is 3.00 bits per heavy atom. The molecule has 2 heterocycles. The topological polar surface area (TPSA) is 46.1 Å². The second kappa shape index (κ2) is 6.58. The monoisotopic (exact) mass is 333 g/mol. The lowest BCUT2D eigenvalue weighted by Crippen LogP contribution is -2.31. The van der Waals surface area contributed by atoms with Crippen molar-refractivity contribution >= 4 is 34.0 Å². The standard InChI is InChI=1S/C16H16ClN3OS/c1-2-9-20(15(21)13-10-11(17)7-8-18-13)16-19-12-5-3-4-6-14(12)22-16/h2,7-8,10H,1,3-6,9H2. The zero-order valence-corrected chi connectivity index (χ0v) is 13.7. The molecule has 0 radical (unpaired) electrons. The number of nitrogens with zero attached hydrogens (tertiary/aromatic N) is 3. The van der Waals surface area contributed by atoms with Gasteiger partial charge in [-0.15, -0.1) is 17.9 Å². The first kappa shape index (κ1) is 15.2. The Kier molecular flexibility index (Phi) is 4.55. The van der Waals surface area contributed by atoms with Crippen molar-refractivity contribution in [2.24, 2.45) is 0 Å². The fourth-order valence-corrected chi connectivity index (χ4v) is 3.81. The van der Waals surface area contributed by atoms with Gasteiger partial charge in [0.25, 0.3) is 5.91 Å². The highest BCUT2D eigenvalue weighted by molar-refractivity contribution is 7.16. The van der Waals surface area contributed by atoms with Crippen molar-refractivity contribution in [2.45, 2.75) is 25.7 Å². The third-order valence-corrected chi connectivity index (χ3v) is 4.98. The summed E-state index contributed by atoms with van der Waals surface area (Å²) in [4.78, 5) is 24.4. The minimum atomic E-state index is -0.200. The molecule has 0 atom stereocenters. The number of aryl methyl sites for hydroxylation is 2. The summed E-state index contributed by atoms with van der Waals surface area (Å²) in [5.74, 6) is -0.200. The number of halogens is 1. The van der Waals surface area contributed by atoms with Gasteiger partial charge in [-0.1, -0.05) is 17.7 Å². The van der Waals surface area contributed by atoms with Crippen LogP contribution in [-0.2, 0) is 12.8 Å². The summed E-state index contributed by atoms with van der Waals surface area (Å²) >= 11 is 7.55. The first-order chi connectivity index (χ1) is 10.7. The molecule has 1 aliphatic rings. The summed E-state index contributed by atoms with van der Waals surface area (Å²) in [7, 11) is 0. The van der Waals surface area contributed by atoms with E-state index >= 15 is 0 Å². The van der Waals surface area contributed by atoms with Crippen LogP contribution in [0, 0.1) is 0 Å². The summed E-state index contributed by atoms with van der Waals surface area (Å²) in [6.45, 7) is 4.14. The van der Waals surface area contributed by atoms with E-state index in [2.05, 4.69) is 16.5 Å². The van der Waals surface area contributed by atoms with Gasteiger partial charge in [0.1, 0.15) is 5.69 Å². The van der Waals surface area contributed by atoms with E-state index in [0.29, 0.717) is 17.3 Å². The zero-order chi connectivity index (χ0) is 15.5. The molecule has 0 spiro atoms. The number of rotatable bonds is 4. The SMILES string of the molecule is C=CCN(C(=O)c1cc(Cl)ccn1)c1nc2c(s1)CCCC2. The normalized spacial score (nSPS) is 13.5. The first-order valence-electron chi connectivity index (χ1n) is 7.22. The molecule has 0 aliphatic heterocycles. The highest BCUT2D eigenvalue weighted by Gasteiger charge is 2.24. The lowest BCUT2D eigenvalue weighted by molar-refractivity contribution is 0.0985. The van der Waals surface area contributed by atoms with Gasteiger partial charge < -0.3 is 0 Å². The van der Waals surface area contributed by atoms with Crippen molar-refractivity contribution in [1.82, 2.24) is 9.97 Å². The van der Waals surface area contributed by atoms with Gasteiger partial charge in [-0.3, -0.25) is 14.7 Å². The number of thiazole rings is 1. The Hall–Kier alpha value is -1.72. The van der Waals surface area contributed by atoms with Crippen molar-refractivity contribution in [1.29, 1.82) is 0 Å². The van der Waals surface area contributed by atoms with Crippen LogP contribution in [0.5, 0.6) is 0 Å². The smallest absolute Gasteiger partial charge is 0.279 e. The Balaban J connectivity index is 1.93. The van der Waals surface area contributed by atoms with Crippen LogP contribution in [0.15, 0.2) is 31.0 Å². The molecule has 0 saturated carbocycles. The summed E-state index contributed by atoms with van der Waals surface area (Å²) in [5.41, 5.74) is 1.45. The minimum Gasteiger partial charge on any atom is -0.279 e. The maximum atomic E-state index is 12.7. The number of amides is 1. The van der Waals surface area contributed by atoms with E-state index in [-0.39, 0.29) is 5.91 Å². The molecule has 6 heteroatoms. The van der Waals surface area contributed by atoms with Gasteiger partial charge in [0, 0.05) is 22.6 Å². The fourth-order valence-electron chi connectivity index (χ4n) is 2.49. The van der Waals surface area contributed by atoms with Crippen molar-refractivity contribution in [2.75, 3.05) is 11.4 Å². The fraction of sp³-hybridized carbons (Fsp3) is 0.312. The van der Waals surface area contributed by atoms with Crippen LogP contribution in [0.4, 0.5) is 5.13 Å². The number of carbonyl (C=O) groups excluding carboxylic acids is 1. The largest absolute Gasteiger partial charge is 0.279 e. The molecular weight excluding hydrogens is 318 g/mol. The van der Waals surface area contributed by atoms with Crippen LogP contribution in [0.25, 0.3) is 0 Å². The molecular formula is C16H16ClN3OS. The van der Waals surface area contributed by atoms with E-state index in [4.69, 9.17) is 11.6 Å². The van der Waals surface area contributed by atoms with Gasteiger partial charge in [0.2, 0.25) is 0 Å². The van der Waals surface area contributed by atoms with E-state index in [1.165, 1.54) is 23.9 Å². The van der Waals surface area contributed by atoms with Crippen LogP contribution >= 0.6 is 22.9 Å². The molecule has 4 nitrogen and oxygen atoms in total. The maximum Gasteiger partial charge on any atom is 0.279 e. The average Bonchev–Trinajstić information content (AvgIpc) is 2.95. The number of hydrogen-bond donors (Lipinski definition) is 0. The second-order valence-electron chi connectivity index (χ2n) is 5.14. The highest BCUT2D eigenvalue weighted by Crippen LogP contribution is 2.32. The van der Waals surface area contributed by atoms with Gasteiger partial charge in [-0.25, -0.2) is 4.98 Å². The number of aromatic nitrogens is 2. The van der Waals surface area contributed by atoms with Gasteiger partial charge in [0.15, 0.2) is 5.13 Å². The second-order valence-corrected chi connectivity index (χ2v) is 6.64. The van der Waals surface area contributed by atoms with Crippen LogP contribution in [0.1, 0.15) is 33.9 Å². The Morgan fingerprint density at radius 2 is 2.27 bits per heavy atom. The number of pyridine rings is 1. The van der Waals surface area contributed by atoms with Gasteiger partial charge in [-0.2, -0.15) is 0 Å². The molecule has 0 aromatic carbocycles. The Labute approximate surface area is 138 Å². The van der Waals surface area contributed by atoms with Crippen LogP contribution in [0.2, 0.25) is 5.02 Å². The average molecular weight is 334 g/mol. The van der Waals surface area contributed by atoms with E-state index in [1.807, 2.05) is 0 Å².